The molecule has 66 valence electrons. The molecule has 5 nitrogen and oxygen atoms in total. The number of rotatable bonds is 1. The van der Waals surface area contributed by atoms with Gasteiger partial charge in [-0.25, -0.2) is 4.98 Å². The molecule has 2 rings (SSSR count). The van der Waals surface area contributed by atoms with Crippen LogP contribution in [0.3, 0.4) is 0 Å². The summed E-state index contributed by atoms with van der Waals surface area (Å²) >= 11 is 1.05. The van der Waals surface area contributed by atoms with Gasteiger partial charge in [-0.1, -0.05) is 0 Å². The summed E-state index contributed by atoms with van der Waals surface area (Å²) in [7, 11) is 0. The predicted octanol–water partition coefficient (Wildman–Crippen LogP) is 0.0835. The van der Waals surface area contributed by atoms with Crippen molar-refractivity contribution in [3.63, 3.8) is 0 Å². The summed E-state index contributed by atoms with van der Waals surface area (Å²) < 4.78 is 0.427. The zero-order valence-corrected chi connectivity index (χ0v) is 7.22. The van der Waals surface area contributed by atoms with Gasteiger partial charge in [-0.3, -0.25) is 9.59 Å². The number of aromatic nitrogens is 2. The van der Waals surface area contributed by atoms with Crippen LogP contribution in [0.2, 0.25) is 0 Å². The molecule has 0 aliphatic heterocycles. The molecule has 0 aliphatic rings. The molecule has 13 heavy (non-hydrogen) atoms. The maximum atomic E-state index is 11.2. The Balaban J connectivity index is 2.83. The van der Waals surface area contributed by atoms with Crippen LogP contribution in [-0.4, -0.2) is 15.9 Å². The second-order valence-electron chi connectivity index (χ2n) is 2.42. The zero-order valence-electron chi connectivity index (χ0n) is 6.40. The van der Waals surface area contributed by atoms with Crippen LogP contribution in [0.1, 0.15) is 9.67 Å². The van der Waals surface area contributed by atoms with Crippen LogP contribution >= 0.6 is 11.3 Å². The second kappa shape index (κ2) is 2.67. The number of fused-ring (bicyclic) bond motifs is 1. The first-order valence-electron chi connectivity index (χ1n) is 3.45. The van der Waals surface area contributed by atoms with E-state index in [1.165, 1.54) is 12.4 Å². The van der Waals surface area contributed by atoms with Crippen molar-refractivity contribution in [3.05, 3.63) is 27.6 Å². The topological polar surface area (TPSA) is 88.8 Å². The third-order valence-electron chi connectivity index (χ3n) is 1.56. The summed E-state index contributed by atoms with van der Waals surface area (Å²) in [5, 5.41) is 0. The number of thiophene rings is 1. The average Bonchev–Trinajstić information content (AvgIpc) is 2.49. The quantitative estimate of drug-likeness (QED) is 0.675. The van der Waals surface area contributed by atoms with Crippen molar-refractivity contribution in [2.24, 2.45) is 5.73 Å². The molecule has 0 aromatic carbocycles. The van der Waals surface area contributed by atoms with Gasteiger partial charge in [0.15, 0.2) is 0 Å². The normalized spacial score (nSPS) is 10.5. The fraction of sp³-hybridized carbons (Fsp3) is 0. The Hall–Kier alpha value is -1.69. The van der Waals surface area contributed by atoms with E-state index >= 15 is 0 Å². The van der Waals surface area contributed by atoms with Gasteiger partial charge >= 0.3 is 0 Å². The third kappa shape index (κ3) is 1.20. The number of aromatic amines is 1. The molecule has 6 heteroatoms. The fourth-order valence-corrected chi connectivity index (χ4v) is 1.85. The molecule has 0 unspecified atom stereocenters. The molecule has 2 aromatic heterocycles. The minimum absolute atomic E-state index is 0.248. The summed E-state index contributed by atoms with van der Waals surface area (Å²) in [6.45, 7) is 0. The van der Waals surface area contributed by atoms with Gasteiger partial charge in [-0.05, 0) is 6.07 Å². The summed E-state index contributed by atoms with van der Waals surface area (Å²) in [5.41, 5.74) is 5.31. The smallest absolute Gasteiger partial charge is 0.268 e. The number of nitrogens with zero attached hydrogens (tertiary/aromatic N) is 1. The first-order valence-corrected chi connectivity index (χ1v) is 4.27. The Bertz CT molecular complexity index is 528. The third-order valence-corrected chi connectivity index (χ3v) is 2.70. The van der Waals surface area contributed by atoms with Gasteiger partial charge in [-0.2, -0.15) is 0 Å². The van der Waals surface area contributed by atoms with Crippen molar-refractivity contribution in [2.75, 3.05) is 0 Å². The Morgan fingerprint density at radius 3 is 3.00 bits per heavy atom. The number of hydrogen-bond donors (Lipinski definition) is 2. The lowest BCUT2D eigenvalue weighted by Gasteiger charge is -1.82. The van der Waals surface area contributed by atoms with Gasteiger partial charge in [0, 0.05) is 0 Å². The fourth-order valence-electron chi connectivity index (χ4n) is 0.987. The molecular formula is C7H5N3O2S. The average molecular weight is 195 g/mol. The van der Waals surface area contributed by atoms with Crippen molar-refractivity contribution in [1.82, 2.24) is 9.97 Å². The highest BCUT2D eigenvalue weighted by atomic mass is 32.1. The van der Waals surface area contributed by atoms with Gasteiger partial charge < -0.3 is 10.7 Å². The minimum Gasteiger partial charge on any atom is -0.365 e. The van der Waals surface area contributed by atoms with E-state index in [0.717, 1.165) is 11.3 Å². The summed E-state index contributed by atoms with van der Waals surface area (Å²) in [6.07, 6.45) is 1.29. The molecule has 2 aromatic rings. The highest BCUT2D eigenvalue weighted by molar-refractivity contribution is 7.20. The van der Waals surface area contributed by atoms with Gasteiger partial charge in [0.05, 0.1) is 16.7 Å². The lowest BCUT2D eigenvalue weighted by Crippen LogP contribution is -2.08. The van der Waals surface area contributed by atoms with Crippen molar-refractivity contribution in [1.29, 1.82) is 0 Å². The maximum absolute atomic E-state index is 11.2. The van der Waals surface area contributed by atoms with Crippen molar-refractivity contribution >= 4 is 27.5 Å². The van der Waals surface area contributed by atoms with E-state index in [0.29, 0.717) is 15.1 Å². The number of nitrogens with two attached hydrogens (primary N) is 1. The molecule has 0 saturated carbocycles. The van der Waals surface area contributed by atoms with Crippen molar-refractivity contribution in [2.45, 2.75) is 0 Å². The molecule has 0 saturated heterocycles. The van der Waals surface area contributed by atoms with Crippen molar-refractivity contribution in [3.8, 4) is 0 Å². The lowest BCUT2D eigenvalue weighted by molar-refractivity contribution is 0.100. The van der Waals surface area contributed by atoms with Crippen LogP contribution < -0.4 is 11.3 Å². The van der Waals surface area contributed by atoms with Crippen LogP contribution in [-0.2, 0) is 0 Å². The molecule has 0 aliphatic carbocycles. The van der Waals surface area contributed by atoms with Crippen LogP contribution in [0.4, 0.5) is 0 Å². The second-order valence-corrected chi connectivity index (χ2v) is 3.47. The summed E-state index contributed by atoms with van der Waals surface area (Å²) in [4.78, 5) is 28.6. The van der Waals surface area contributed by atoms with Gasteiger partial charge in [0.25, 0.3) is 11.5 Å². The van der Waals surface area contributed by atoms with Gasteiger partial charge in [0.2, 0.25) is 0 Å². The Morgan fingerprint density at radius 1 is 1.62 bits per heavy atom. The lowest BCUT2D eigenvalue weighted by atomic mass is 10.4. The van der Waals surface area contributed by atoms with Crippen LogP contribution in [0.15, 0.2) is 17.2 Å². The van der Waals surface area contributed by atoms with E-state index in [-0.39, 0.29) is 5.56 Å². The van der Waals surface area contributed by atoms with Crippen LogP contribution in [0.5, 0.6) is 0 Å². The van der Waals surface area contributed by atoms with E-state index < -0.39 is 5.91 Å². The molecule has 3 N–H and O–H groups in total. The van der Waals surface area contributed by atoms with Crippen LogP contribution in [0.25, 0.3) is 10.2 Å². The summed E-state index contributed by atoms with van der Waals surface area (Å²) in [6, 6.07) is 1.51. The first kappa shape index (κ1) is 7.93. The molecule has 0 fully saturated rings. The molecule has 0 bridgehead atoms. The largest absolute Gasteiger partial charge is 0.365 e. The van der Waals surface area contributed by atoms with Crippen LogP contribution in [0, 0.1) is 0 Å². The molecule has 0 radical (unpaired) electrons. The number of H-pyrrole nitrogens is 1. The van der Waals surface area contributed by atoms with E-state index in [4.69, 9.17) is 5.73 Å². The predicted molar refractivity (Wildman–Crippen MR) is 48.8 cm³/mol. The van der Waals surface area contributed by atoms with E-state index in [1.54, 1.807) is 0 Å². The zero-order chi connectivity index (χ0) is 9.42. The number of amides is 1. The van der Waals surface area contributed by atoms with Crippen molar-refractivity contribution < 1.29 is 4.79 Å². The molecule has 2 heterocycles. The Kier molecular flexibility index (Phi) is 1.63. The number of primary amides is 1. The first-order chi connectivity index (χ1) is 6.18. The number of hydrogen-bond acceptors (Lipinski definition) is 4. The maximum Gasteiger partial charge on any atom is 0.268 e. The van der Waals surface area contributed by atoms with Gasteiger partial charge in [-0.15, -0.1) is 11.3 Å². The summed E-state index contributed by atoms with van der Waals surface area (Å²) in [5.74, 6) is -0.539. The highest BCUT2D eigenvalue weighted by Gasteiger charge is 2.09. The number of carbonyl (C=O) groups is 1. The standard InChI is InChI=1S/C7H5N3O2S/c8-6(11)4-1-3-5(13-4)7(12)10-2-9-3/h1-2H,(H2,8,11)(H,9,10,12). The van der Waals surface area contributed by atoms with E-state index in [2.05, 4.69) is 9.97 Å². The molecular weight excluding hydrogens is 190 g/mol. The van der Waals surface area contributed by atoms with E-state index in [1.807, 2.05) is 0 Å². The molecule has 0 atom stereocenters. The van der Waals surface area contributed by atoms with E-state index in [9.17, 15) is 9.59 Å². The molecule has 0 spiro atoms. The number of carbonyl (C=O) groups excluding carboxylic acids is 1. The monoisotopic (exact) mass is 195 g/mol. The Labute approximate surface area is 76.2 Å². The van der Waals surface area contributed by atoms with Gasteiger partial charge in [0.1, 0.15) is 4.70 Å². The number of nitrogens with one attached hydrogen (secondary N) is 1. The Morgan fingerprint density at radius 2 is 2.38 bits per heavy atom. The SMILES string of the molecule is NC(=O)c1cc2nc[nH]c(=O)c2s1. The molecule has 1 amide bonds. The minimum atomic E-state index is -0.539. The highest BCUT2D eigenvalue weighted by Crippen LogP contribution is 2.19.